The van der Waals surface area contributed by atoms with Crippen LogP contribution in [0.4, 0.5) is 14.5 Å². The lowest BCUT2D eigenvalue weighted by Crippen LogP contribution is -2.14. The van der Waals surface area contributed by atoms with E-state index in [-0.39, 0.29) is 5.69 Å². The van der Waals surface area contributed by atoms with E-state index in [0.29, 0.717) is 12.1 Å². The molecule has 0 spiro atoms. The lowest BCUT2D eigenvalue weighted by molar-refractivity contribution is 0.0697. The molecule has 0 aromatic heterocycles. The number of rotatable bonds is 3. The summed E-state index contributed by atoms with van der Waals surface area (Å²) in [5.74, 6) is -3.89. The highest BCUT2D eigenvalue weighted by Crippen LogP contribution is 2.20. The number of carboxylic acids is 1. The zero-order valence-corrected chi connectivity index (χ0v) is 8.40. The first kappa shape index (κ1) is 11.7. The van der Waals surface area contributed by atoms with Crippen LogP contribution in [0.5, 0.6) is 0 Å². The van der Waals surface area contributed by atoms with Crippen LogP contribution in [0.3, 0.4) is 0 Å². The highest BCUT2D eigenvalue weighted by Gasteiger charge is 2.17. The quantitative estimate of drug-likeness (QED) is 0.776. The van der Waals surface area contributed by atoms with Gasteiger partial charge in [-0.05, 0) is 6.07 Å². The van der Waals surface area contributed by atoms with Crippen LogP contribution >= 0.6 is 0 Å². The molecule has 0 aliphatic heterocycles. The van der Waals surface area contributed by atoms with E-state index in [2.05, 4.69) is 4.72 Å². The Bertz CT molecular complexity index is 398. The summed E-state index contributed by atoms with van der Waals surface area (Å²) in [7, 11) is 0. The minimum absolute atomic E-state index is 0.220. The first-order valence-electron chi connectivity index (χ1n) is 3.74. The minimum atomic E-state index is -1.56. The monoisotopic (exact) mass is 235 g/mol. The van der Waals surface area contributed by atoms with Gasteiger partial charge in [0.15, 0.2) is 11.6 Å². The van der Waals surface area contributed by atoms with Crippen LogP contribution in [0.15, 0.2) is 12.1 Å². The van der Waals surface area contributed by atoms with Gasteiger partial charge in [0.25, 0.3) is 0 Å². The summed E-state index contributed by atoms with van der Waals surface area (Å²) in [6.45, 7) is 0. The molecular weight excluding hydrogens is 228 g/mol. The smallest absolute Gasteiger partial charge is 0.338 e. The summed E-state index contributed by atoms with van der Waals surface area (Å²) >= 11 is -1.56. The van der Waals surface area contributed by atoms with Crippen molar-refractivity contribution in [2.75, 3.05) is 11.0 Å². The predicted octanol–water partition coefficient (Wildman–Crippen LogP) is 1.37. The summed E-state index contributed by atoms with van der Waals surface area (Å²) in [5.41, 5.74) is -0.689. The van der Waals surface area contributed by atoms with Gasteiger partial charge in [-0.3, -0.25) is 0 Å². The van der Waals surface area contributed by atoms with E-state index in [1.807, 2.05) is 0 Å². The van der Waals surface area contributed by atoms with E-state index in [9.17, 15) is 18.1 Å². The Kier molecular flexibility index (Phi) is 3.48. The molecule has 1 aromatic carbocycles. The van der Waals surface area contributed by atoms with E-state index in [4.69, 9.17) is 5.11 Å². The molecule has 0 amide bonds. The molecule has 0 bridgehead atoms. The third kappa shape index (κ3) is 2.80. The average Bonchev–Trinajstić information content (AvgIpc) is 2.09. The fourth-order valence-corrected chi connectivity index (χ4v) is 1.44. The van der Waals surface area contributed by atoms with Crippen LogP contribution in [0.2, 0.25) is 0 Å². The molecule has 4 nitrogen and oxygen atoms in total. The molecule has 15 heavy (non-hydrogen) atoms. The standard InChI is InChI=1S/C8H7F2NO3S/c1-15(14)11-7-3-6(10)5(9)2-4(7)8(12)13/h2-3,11H,1H3,(H,12,13). The van der Waals surface area contributed by atoms with Crippen LogP contribution < -0.4 is 4.72 Å². The van der Waals surface area contributed by atoms with Gasteiger partial charge in [0.2, 0.25) is 0 Å². The maximum absolute atomic E-state index is 12.8. The van der Waals surface area contributed by atoms with Crippen molar-refractivity contribution in [1.82, 2.24) is 0 Å². The molecule has 2 N–H and O–H groups in total. The van der Waals surface area contributed by atoms with Crippen molar-refractivity contribution in [3.63, 3.8) is 0 Å². The second-order valence-corrected chi connectivity index (χ2v) is 3.79. The fraction of sp³-hybridized carbons (Fsp3) is 0.125. The molecule has 7 heteroatoms. The molecule has 1 aromatic rings. The van der Waals surface area contributed by atoms with E-state index in [1.165, 1.54) is 6.26 Å². The van der Waals surface area contributed by atoms with Crippen molar-refractivity contribution in [3.8, 4) is 0 Å². The lowest BCUT2D eigenvalue weighted by atomic mass is 10.2. The van der Waals surface area contributed by atoms with Crippen molar-refractivity contribution in [1.29, 1.82) is 0 Å². The van der Waals surface area contributed by atoms with Gasteiger partial charge in [-0.2, -0.15) is 0 Å². The molecule has 0 radical (unpaired) electrons. The third-order valence-electron chi connectivity index (χ3n) is 1.54. The van der Waals surface area contributed by atoms with E-state index >= 15 is 0 Å². The Balaban J connectivity index is 3.22. The zero-order valence-electron chi connectivity index (χ0n) is 7.58. The maximum atomic E-state index is 12.8. The Morgan fingerprint density at radius 3 is 2.47 bits per heavy atom. The maximum Gasteiger partial charge on any atom is 0.338 e. The number of halogens is 2. The highest BCUT2D eigenvalue weighted by atomic mass is 32.2. The zero-order chi connectivity index (χ0) is 11.6. The second kappa shape index (κ2) is 4.45. The van der Waals surface area contributed by atoms with E-state index in [1.54, 1.807) is 0 Å². The van der Waals surface area contributed by atoms with Crippen molar-refractivity contribution in [2.24, 2.45) is 0 Å². The number of carboxylic acid groups (broad SMARTS) is 1. The van der Waals surface area contributed by atoms with Gasteiger partial charge in [-0.25, -0.2) is 18.3 Å². The minimum Gasteiger partial charge on any atom is -0.593 e. The molecule has 0 saturated heterocycles. The fourth-order valence-electron chi connectivity index (χ4n) is 0.963. The van der Waals surface area contributed by atoms with Crippen molar-refractivity contribution in [2.45, 2.75) is 0 Å². The topological polar surface area (TPSA) is 72.4 Å². The molecule has 1 atom stereocenters. The van der Waals surface area contributed by atoms with Gasteiger partial charge in [0.1, 0.15) is 6.26 Å². The highest BCUT2D eigenvalue weighted by molar-refractivity contribution is 7.92. The number of benzene rings is 1. The number of hydrogen-bond acceptors (Lipinski definition) is 3. The van der Waals surface area contributed by atoms with Crippen LogP contribution in [0, 0.1) is 11.6 Å². The Hall–Kier alpha value is -1.34. The Labute approximate surface area is 87.2 Å². The molecule has 82 valence electrons. The number of nitrogens with one attached hydrogen (secondary N) is 1. The molecule has 0 aliphatic rings. The van der Waals surface area contributed by atoms with Gasteiger partial charge in [0.05, 0.1) is 22.6 Å². The van der Waals surface area contributed by atoms with Crippen molar-refractivity contribution >= 4 is 23.0 Å². The summed E-state index contributed by atoms with van der Waals surface area (Å²) in [4.78, 5) is 10.6. The van der Waals surface area contributed by atoms with Crippen LogP contribution in [-0.2, 0) is 11.4 Å². The molecule has 0 fully saturated rings. The van der Waals surface area contributed by atoms with Crippen molar-refractivity contribution in [3.05, 3.63) is 29.3 Å². The molecular formula is C8H7F2NO3S. The van der Waals surface area contributed by atoms with Crippen LogP contribution in [-0.4, -0.2) is 21.9 Å². The second-order valence-electron chi connectivity index (χ2n) is 2.67. The van der Waals surface area contributed by atoms with Crippen LogP contribution in [0.1, 0.15) is 10.4 Å². The SMILES string of the molecule is C[S+]([O-])Nc1cc(F)c(F)cc1C(=O)O. The number of anilines is 1. The Morgan fingerprint density at radius 2 is 2.00 bits per heavy atom. The molecule has 1 rings (SSSR count). The lowest BCUT2D eigenvalue weighted by Gasteiger charge is -2.10. The van der Waals surface area contributed by atoms with Gasteiger partial charge < -0.3 is 9.66 Å². The van der Waals surface area contributed by atoms with Crippen molar-refractivity contribution < 1.29 is 23.2 Å². The van der Waals surface area contributed by atoms with Gasteiger partial charge in [0, 0.05) is 6.07 Å². The van der Waals surface area contributed by atoms with E-state index < -0.39 is 34.5 Å². The van der Waals surface area contributed by atoms with Crippen LogP contribution in [0.25, 0.3) is 0 Å². The van der Waals surface area contributed by atoms with Gasteiger partial charge in [-0.15, -0.1) is 0 Å². The number of aromatic carboxylic acids is 1. The Morgan fingerprint density at radius 1 is 1.47 bits per heavy atom. The molecule has 0 heterocycles. The average molecular weight is 235 g/mol. The number of carbonyl (C=O) groups is 1. The van der Waals surface area contributed by atoms with Gasteiger partial charge >= 0.3 is 5.97 Å². The summed E-state index contributed by atoms with van der Waals surface area (Å²) < 4.78 is 38.5. The summed E-state index contributed by atoms with van der Waals surface area (Å²) in [6, 6.07) is 1.19. The molecule has 1 unspecified atom stereocenters. The molecule has 0 aliphatic carbocycles. The normalized spacial score (nSPS) is 12.3. The molecule has 0 saturated carbocycles. The largest absolute Gasteiger partial charge is 0.593 e. The van der Waals surface area contributed by atoms with E-state index in [0.717, 1.165) is 0 Å². The van der Waals surface area contributed by atoms with Gasteiger partial charge in [-0.1, -0.05) is 0 Å². The number of hydrogen-bond donors (Lipinski definition) is 2. The predicted molar refractivity (Wildman–Crippen MR) is 51.0 cm³/mol. The first-order valence-corrected chi connectivity index (χ1v) is 5.30. The third-order valence-corrected chi connectivity index (χ3v) is 2.05. The first-order chi connectivity index (χ1) is 6.91. The summed E-state index contributed by atoms with van der Waals surface area (Å²) in [6.07, 6.45) is 1.24. The summed E-state index contributed by atoms with van der Waals surface area (Å²) in [5, 5.41) is 8.67.